The fourth-order valence-electron chi connectivity index (χ4n) is 3.13. The van der Waals surface area contributed by atoms with Crippen LogP contribution in [0.3, 0.4) is 0 Å². The minimum Gasteiger partial charge on any atom is -0.367 e. The Balaban J connectivity index is 1.46. The number of rotatable bonds is 7. The van der Waals surface area contributed by atoms with E-state index in [1.54, 1.807) is 31.3 Å². The van der Waals surface area contributed by atoms with E-state index in [9.17, 15) is 22.0 Å². The molecule has 1 saturated carbocycles. The Morgan fingerprint density at radius 1 is 1.07 bits per heavy atom. The molecule has 0 heterocycles. The van der Waals surface area contributed by atoms with Crippen molar-refractivity contribution in [1.82, 2.24) is 10.6 Å². The van der Waals surface area contributed by atoms with Gasteiger partial charge in [0, 0.05) is 31.1 Å². The summed E-state index contributed by atoms with van der Waals surface area (Å²) < 4.78 is 68.7. The summed E-state index contributed by atoms with van der Waals surface area (Å²) in [6.45, 7) is -0.974. The SMILES string of the molecule is CN=C(NCc1ccc(COCC(F)(F)F)cc1)NC1CC1c1c(F)cccc1F. The molecule has 0 bridgehead atoms. The molecule has 30 heavy (non-hydrogen) atoms. The maximum Gasteiger partial charge on any atom is 0.411 e. The topological polar surface area (TPSA) is 45.7 Å². The number of nitrogens with one attached hydrogen (secondary N) is 2. The van der Waals surface area contributed by atoms with Gasteiger partial charge < -0.3 is 15.4 Å². The van der Waals surface area contributed by atoms with Crippen molar-refractivity contribution < 1.29 is 26.7 Å². The molecular weight excluding hydrogens is 405 g/mol. The standard InChI is InChI=1S/C21H22F5N3O/c1-27-20(29-18-9-15(18)19-16(22)3-2-4-17(19)23)28-10-13-5-7-14(8-6-13)11-30-12-21(24,25)26/h2-8,15,18H,9-12H2,1H3,(H2,27,28,29). The van der Waals surface area contributed by atoms with Gasteiger partial charge in [0.05, 0.1) is 6.61 Å². The van der Waals surface area contributed by atoms with Crippen LogP contribution in [0.4, 0.5) is 22.0 Å². The first-order chi connectivity index (χ1) is 14.3. The van der Waals surface area contributed by atoms with E-state index < -0.39 is 24.4 Å². The van der Waals surface area contributed by atoms with Crippen LogP contribution in [-0.2, 0) is 17.9 Å². The Labute approximate surface area is 171 Å². The van der Waals surface area contributed by atoms with Crippen LogP contribution in [0.1, 0.15) is 29.0 Å². The number of aliphatic imine (C=N–C) groups is 1. The van der Waals surface area contributed by atoms with Crippen molar-refractivity contribution in [3.63, 3.8) is 0 Å². The highest BCUT2D eigenvalue weighted by Gasteiger charge is 2.42. The van der Waals surface area contributed by atoms with Crippen LogP contribution in [0, 0.1) is 11.6 Å². The second kappa shape index (κ2) is 9.42. The van der Waals surface area contributed by atoms with Crippen molar-refractivity contribution >= 4 is 5.96 Å². The lowest BCUT2D eigenvalue weighted by molar-refractivity contribution is -0.176. The van der Waals surface area contributed by atoms with E-state index in [1.165, 1.54) is 18.2 Å². The molecule has 1 aliphatic carbocycles. The third-order valence-corrected chi connectivity index (χ3v) is 4.72. The fraction of sp³-hybridized carbons (Fsp3) is 0.381. The van der Waals surface area contributed by atoms with Gasteiger partial charge in [-0.2, -0.15) is 13.2 Å². The van der Waals surface area contributed by atoms with Gasteiger partial charge in [0.15, 0.2) is 5.96 Å². The summed E-state index contributed by atoms with van der Waals surface area (Å²) >= 11 is 0. The van der Waals surface area contributed by atoms with Crippen LogP contribution >= 0.6 is 0 Å². The number of alkyl halides is 3. The summed E-state index contributed by atoms with van der Waals surface area (Å²) in [5, 5.41) is 6.26. The van der Waals surface area contributed by atoms with E-state index in [2.05, 4.69) is 20.4 Å². The van der Waals surface area contributed by atoms with E-state index in [4.69, 9.17) is 0 Å². The lowest BCUT2D eigenvalue weighted by Crippen LogP contribution is -2.38. The summed E-state index contributed by atoms with van der Waals surface area (Å²) in [5.41, 5.74) is 1.62. The van der Waals surface area contributed by atoms with Gasteiger partial charge in [-0.1, -0.05) is 30.3 Å². The normalized spacial score (nSPS) is 18.9. The summed E-state index contributed by atoms with van der Waals surface area (Å²) in [6, 6.07) is 10.7. The van der Waals surface area contributed by atoms with Crippen LogP contribution in [0.5, 0.6) is 0 Å². The second-order valence-electron chi connectivity index (χ2n) is 7.08. The first-order valence-electron chi connectivity index (χ1n) is 9.40. The Morgan fingerprint density at radius 2 is 1.70 bits per heavy atom. The summed E-state index contributed by atoms with van der Waals surface area (Å²) in [6.07, 6.45) is -3.74. The van der Waals surface area contributed by atoms with E-state index in [-0.39, 0.29) is 24.1 Å². The average Bonchev–Trinajstić information content (AvgIpc) is 3.43. The first-order valence-corrected chi connectivity index (χ1v) is 9.40. The minimum atomic E-state index is -4.34. The van der Waals surface area contributed by atoms with Gasteiger partial charge in [-0.15, -0.1) is 0 Å². The smallest absolute Gasteiger partial charge is 0.367 e. The molecule has 0 radical (unpaired) electrons. The van der Waals surface area contributed by atoms with Gasteiger partial charge in [-0.05, 0) is 29.7 Å². The number of guanidine groups is 1. The number of hydrogen-bond donors (Lipinski definition) is 2. The second-order valence-corrected chi connectivity index (χ2v) is 7.08. The van der Waals surface area contributed by atoms with E-state index >= 15 is 0 Å². The van der Waals surface area contributed by atoms with Crippen molar-refractivity contribution in [2.45, 2.75) is 37.7 Å². The van der Waals surface area contributed by atoms with Crippen LogP contribution in [0.15, 0.2) is 47.5 Å². The Kier molecular flexibility index (Phi) is 6.91. The minimum absolute atomic E-state index is 0.0915. The molecule has 0 aromatic heterocycles. The molecule has 0 saturated heterocycles. The molecule has 2 aromatic rings. The Bertz CT molecular complexity index is 863. The average molecular weight is 427 g/mol. The third kappa shape index (κ3) is 6.16. The number of ether oxygens (including phenoxy) is 1. The number of benzene rings is 2. The zero-order valence-electron chi connectivity index (χ0n) is 16.3. The number of nitrogens with zero attached hydrogens (tertiary/aromatic N) is 1. The van der Waals surface area contributed by atoms with Gasteiger partial charge in [0.1, 0.15) is 18.2 Å². The predicted molar refractivity (Wildman–Crippen MR) is 103 cm³/mol. The Morgan fingerprint density at radius 3 is 2.30 bits per heavy atom. The van der Waals surface area contributed by atoms with Crippen molar-refractivity contribution in [3.8, 4) is 0 Å². The van der Waals surface area contributed by atoms with E-state index in [0.29, 0.717) is 24.5 Å². The number of halogens is 5. The van der Waals surface area contributed by atoms with Crippen LogP contribution in [0.25, 0.3) is 0 Å². The molecule has 2 N–H and O–H groups in total. The molecule has 3 rings (SSSR count). The van der Waals surface area contributed by atoms with Crippen molar-refractivity contribution in [3.05, 3.63) is 70.8 Å². The van der Waals surface area contributed by atoms with Crippen molar-refractivity contribution in [2.24, 2.45) is 4.99 Å². The molecule has 2 aromatic carbocycles. The summed E-state index contributed by atoms with van der Waals surface area (Å²) in [7, 11) is 1.59. The molecule has 0 spiro atoms. The molecule has 0 aliphatic heterocycles. The van der Waals surface area contributed by atoms with Gasteiger partial charge >= 0.3 is 6.18 Å². The van der Waals surface area contributed by atoms with E-state index in [1.807, 2.05) is 0 Å². The zero-order chi connectivity index (χ0) is 21.7. The molecule has 9 heteroatoms. The molecule has 0 amide bonds. The zero-order valence-corrected chi connectivity index (χ0v) is 16.3. The quantitative estimate of drug-likeness (QED) is 0.394. The van der Waals surface area contributed by atoms with Crippen molar-refractivity contribution in [1.29, 1.82) is 0 Å². The lowest BCUT2D eigenvalue weighted by Gasteiger charge is -2.13. The largest absolute Gasteiger partial charge is 0.411 e. The maximum absolute atomic E-state index is 13.9. The van der Waals surface area contributed by atoms with Gasteiger partial charge in [-0.25, -0.2) is 8.78 Å². The molecule has 4 nitrogen and oxygen atoms in total. The van der Waals surface area contributed by atoms with Crippen molar-refractivity contribution in [2.75, 3.05) is 13.7 Å². The van der Waals surface area contributed by atoms with Gasteiger partial charge in [-0.3, -0.25) is 4.99 Å². The highest BCUT2D eigenvalue weighted by atomic mass is 19.4. The van der Waals surface area contributed by atoms with Gasteiger partial charge in [0.25, 0.3) is 0 Å². The van der Waals surface area contributed by atoms with Crippen LogP contribution < -0.4 is 10.6 Å². The predicted octanol–water partition coefficient (Wildman–Crippen LogP) is 4.26. The molecule has 2 unspecified atom stereocenters. The monoisotopic (exact) mass is 427 g/mol. The first kappa shape index (κ1) is 22.0. The highest BCUT2D eigenvalue weighted by Crippen LogP contribution is 2.43. The molecule has 2 atom stereocenters. The molecule has 1 fully saturated rings. The molecular formula is C21H22F5N3O. The lowest BCUT2D eigenvalue weighted by atomic mass is 10.1. The molecule has 1 aliphatic rings. The van der Waals surface area contributed by atoms with Gasteiger partial charge in [0.2, 0.25) is 0 Å². The van der Waals surface area contributed by atoms with Crippen LogP contribution in [-0.4, -0.2) is 31.8 Å². The highest BCUT2D eigenvalue weighted by molar-refractivity contribution is 5.80. The van der Waals surface area contributed by atoms with E-state index in [0.717, 1.165) is 5.56 Å². The van der Waals surface area contributed by atoms with Crippen LogP contribution in [0.2, 0.25) is 0 Å². The summed E-state index contributed by atoms with van der Waals surface area (Å²) in [5.74, 6) is -0.851. The molecule has 162 valence electrons. The summed E-state index contributed by atoms with van der Waals surface area (Å²) in [4.78, 5) is 4.12. The number of hydrogen-bond acceptors (Lipinski definition) is 2. The fourth-order valence-corrected chi connectivity index (χ4v) is 3.13. The maximum atomic E-state index is 13.9. The third-order valence-electron chi connectivity index (χ3n) is 4.72. The Hall–Kier alpha value is -2.68.